The van der Waals surface area contributed by atoms with Crippen LogP contribution in [0.15, 0.2) is 192 Å². The lowest BCUT2D eigenvalue weighted by Gasteiger charge is -2.14. The standard InChI is InChI=1S/C58H39N5OS/c1-2-3-28-52-44(41-23-12-15-29-51(41)65-52)35-53-59-57(37-19-8-5-9-20-37)61-58(60-53)63-47-25-14-11-22-40(47)43-32-31-42-39-21-10-13-24-46(39)62(55(42)56(43)63)48-26-16-27-50-54(48)45-34-38(30-33-49(45)64-50)36-17-6-4-7-18-36/h3-34H,2,35H2,1H3/b28-3-. The Hall–Kier alpha value is -8.13. The molecule has 13 rings (SSSR count). The van der Waals surface area contributed by atoms with Crippen molar-refractivity contribution in [1.82, 2.24) is 24.1 Å². The summed E-state index contributed by atoms with van der Waals surface area (Å²) in [6.07, 6.45) is 6.01. The normalized spacial score (nSPS) is 12.1. The van der Waals surface area contributed by atoms with Crippen molar-refractivity contribution in [3.63, 3.8) is 0 Å². The molecule has 0 amide bonds. The molecule has 0 saturated heterocycles. The van der Waals surface area contributed by atoms with Gasteiger partial charge in [-0.1, -0.05) is 153 Å². The molecule has 308 valence electrons. The Morgan fingerprint density at radius 2 is 1.18 bits per heavy atom. The molecule has 65 heavy (non-hydrogen) atoms. The van der Waals surface area contributed by atoms with Crippen LogP contribution in [0.1, 0.15) is 29.6 Å². The molecule has 5 heterocycles. The quantitative estimate of drug-likeness (QED) is 0.153. The van der Waals surface area contributed by atoms with Crippen LogP contribution in [0.3, 0.4) is 0 Å². The lowest BCUT2D eigenvalue weighted by atomic mass is 10.0. The van der Waals surface area contributed by atoms with Gasteiger partial charge in [0.15, 0.2) is 5.82 Å². The molecule has 5 aromatic heterocycles. The zero-order valence-corrected chi connectivity index (χ0v) is 36.3. The second kappa shape index (κ2) is 15.0. The Kier molecular flexibility index (Phi) is 8.64. The summed E-state index contributed by atoms with van der Waals surface area (Å²) in [5.74, 6) is 1.93. The van der Waals surface area contributed by atoms with E-state index >= 15 is 0 Å². The molecule has 0 spiro atoms. The Morgan fingerprint density at radius 1 is 0.523 bits per heavy atom. The minimum absolute atomic E-state index is 0.552. The molecular formula is C58H39N5OS. The van der Waals surface area contributed by atoms with Crippen LogP contribution in [0.4, 0.5) is 0 Å². The number of rotatable bonds is 8. The third kappa shape index (κ3) is 5.96. The molecule has 0 radical (unpaired) electrons. The van der Waals surface area contributed by atoms with Gasteiger partial charge < -0.3 is 8.98 Å². The fourth-order valence-corrected chi connectivity index (χ4v) is 11.0. The van der Waals surface area contributed by atoms with E-state index in [0.717, 1.165) is 94.3 Å². The van der Waals surface area contributed by atoms with Crippen molar-refractivity contribution < 1.29 is 4.42 Å². The summed E-state index contributed by atoms with van der Waals surface area (Å²) in [6, 6.07) is 64.4. The summed E-state index contributed by atoms with van der Waals surface area (Å²) in [5.41, 5.74) is 11.4. The van der Waals surface area contributed by atoms with Gasteiger partial charge in [0.05, 0.1) is 33.1 Å². The second-order valence-corrected chi connectivity index (χ2v) is 17.6. The molecule has 0 aliphatic heterocycles. The smallest absolute Gasteiger partial charge is 0.238 e. The van der Waals surface area contributed by atoms with E-state index in [0.29, 0.717) is 24.0 Å². The highest BCUT2D eigenvalue weighted by atomic mass is 32.1. The predicted octanol–water partition coefficient (Wildman–Crippen LogP) is 15.5. The first-order chi connectivity index (χ1) is 32.2. The van der Waals surface area contributed by atoms with Gasteiger partial charge in [-0.3, -0.25) is 4.57 Å². The van der Waals surface area contributed by atoms with E-state index in [9.17, 15) is 0 Å². The van der Waals surface area contributed by atoms with Crippen molar-refractivity contribution in [2.45, 2.75) is 19.8 Å². The Bertz CT molecular complexity index is 4020. The number of thiophene rings is 1. The van der Waals surface area contributed by atoms with Crippen molar-refractivity contribution in [2.24, 2.45) is 0 Å². The first-order valence-corrected chi connectivity index (χ1v) is 23.0. The van der Waals surface area contributed by atoms with Crippen LogP contribution in [0, 0.1) is 0 Å². The average molecular weight is 854 g/mol. The SMILES string of the molecule is CC/C=C\c1sc2ccccc2c1Cc1nc(-c2ccccc2)nc(-n2c3ccccc3c3ccc4c5ccccc5n(-c5cccc6oc7ccc(-c8ccccc8)cc7c56)c4c32)n1. The van der Waals surface area contributed by atoms with Crippen LogP contribution in [-0.2, 0) is 6.42 Å². The van der Waals surface area contributed by atoms with Gasteiger partial charge in [0.2, 0.25) is 5.95 Å². The molecule has 0 fully saturated rings. The van der Waals surface area contributed by atoms with Crippen LogP contribution in [0.25, 0.3) is 116 Å². The third-order valence-corrected chi connectivity index (χ3v) is 13.9. The maximum absolute atomic E-state index is 6.65. The van der Waals surface area contributed by atoms with E-state index in [2.05, 4.69) is 192 Å². The molecule has 7 heteroatoms. The van der Waals surface area contributed by atoms with E-state index in [1.54, 1.807) is 0 Å². The molecular weight excluding hydrogens is 815 g/mol. The zero-order valence-electron chi connectivity index (χ0n) is 35.4. The highest BCUT2D eigenvalue weighted by molar-refractivity contribution is 7.20. The summed E-state index contributed by atoms with van der Waals surface area (Å²) < 4.78 is 12.6. The van der Waals surface area contributed by atoms with E-state index < -0.39 is 0 Å². The van der Waals surface area contributed by atoms with E-state index in [4.69, 9.17) is 19.4 Å². The number of hydrogen-bond acceptors (Lipinski definition) is 5. The molecule has 0 N–H and O–H groups in total. The van der Waals surface area contributed by atoms with Crippen molar-refractivity contribution in [2.75, 3.05) is 0 Å². The molecule has 0 aliphatic rings. The Balaban J connectivity index is 1.13. The molecule has 8 aromatic carbocycles. The maximum atomic E-state index is 6.65. The Morgan fingerprint density at radius 3 is 1.94 bits per heavy atom. The number of allylic oxidation sites excluding steroid dienone is 1. The highest BCUT2D eigenvalue weighted by Gasteiger charge is 2.25. The van der Waals surface area contributed by atoms with Crippen LogP contribution in [0.5, 0.6) is 0 Å². The van der Waals surface area contributed by atoms with Gasteiger partial charge in [0.25, 0.3) is 0 Å². The van der Waals surface area contributed by atoms with Gasteiger partial charge in [0, 0.05) is 48.5 Å². The van der Waals surface area contributed by atoms with Crippen LogP contribution in [-0.4, -0.2) is 24.1 Å². The summed E-state index contributed by atoms with van der Waals surface area (Å²) in [6.45, 7) is 2.18. The predicted molar refractivity (Wildman–Crippen MR) is 271 cm³/mol. The van der Waals surface area contributed by atoms with Crippen LogP contribution in [0.2, 0.25) is 0 Å². The summed E-state index contributed by atoms with van der Waals surface area (Å²) in [7, 11) is 0. The lowest BCUT2D eigenvalue weighted by Crippen LogP contribution is -2.09. The second-order valence-electron chi connectivity index (χ2n) is 16.6. The first kappa shape index (κ1) is 37.4. The number of fused-ring (bicyclic) bond motifs is 11. The monoisotopic (exact) mass is 853 g/mol. The zero-order chi connectivity index (χ0) is 43.0. The average Bonchev–Trinajstić information content (AvgIpc) is 4.11. The van der Waals surface area contributed by atoms with Crippen molar-refractivity contribution in [3.05, 3.63) is 204 Å². The van der Waals surface area contributed by atoms with Crippen molar-refractivity contribution in [3.8, 4) is 34.2 Å². The summed E-state index contributed by atoms with van der Waals surface area (Å²) in [4.78, 5) is 17.4. The van der Waals surface area contributed by atoms with Gasteiger partial charge >= 0.3 is 0 Å². The fourth-order valence-electron chi connectivity index (χ4n) is 9.88. The molecule has 0 unspecified atom stereocenters. The molecule has 0 aliphatic carbocycles. The van der Waals surface area contributed by atoms with E-state index in [1.807, 2.05) is 29.5 Å². The number of furan rings is 1. The van der Waals surface area contributed by atoms with Crippen molar-refractivity contribution >= 4 is 93.0 Å². The van der Waals surface area contributed by atoms with Crippen LogP contribution < -0.4 is 0 Å². The lowest BCUT2D eigenvalue weighted by molar-refractivity contribution is 0.669. The number of aromatic nitrogens is 5. The fraction of sp³-hybridized carbons (Fsp3) is 0.0517. The number of hydrogen-bond donors (Lipinski definition) is 0. The minimum atomic E-state index is 0.552. The largest absolute Gasteiger partial charge is 0.456 e. The van der Waals surface area contributed by atoms with Crippen molar-refractivity contribution in [1.29, 1.82) is 0 Å². The number of nitrogens with zero attached hydrogens (tertiary/aromatic N) is 5. The summed E-state index contributed by atoms with van der Waals surface area (Å²) >= 11 is 1.82. The van der Waals surface area contributed by atoms with Gasteiger partial charge in [-0.15, -0.1) is 11.3 Å². The molecule has 0 saturated carbocycles. The first-order valence-electron chi connectivity index (χ1n) is 22.1. The van der Waals surface area contributed by atoms with E-state index in [1.165, 1.54) is 20.5 Å². The Labute approximate surface area is 378 Å². The minimum Gasteiger partial charge on any atom is -0.456 e. The topological polar surface area (TPSA) is 61.7 Å². The maximum Gasteiger partial charge on any atom is 0.238 e. The van der Waals surface area contributed by atoms with Crippen LogP contribution >= 0.6 is 11.3 Å². The summed E-state index contributed by atoms with van der Waals surface area (Å²) in [5, 5.41) is 7.91. The molecule has 13 aromatic rings. The van der Waals surface area contributed by atoms with Gasteiger partial charge in [-0.2, -0.15) is 9.97 Å². The molecule has 0 atom stereocenters. The molecule has 0 bridgehead atoms. The van der Waals surface area contributed by atoms with Gasteiger partial charge in [0.1, 0.15) is 17.0 Å². The third-order valence-electron chi connectivity index (χ3n) is 12.8. The number of para-hydroxylation sites is 2. The number of benzene rings is 8. The van der Waals surface area contributed by atoms with Gasteiger partial charge in [-0.25, -0.2) is 4.98 Å². The molecule has 6 nitrogen and oxygen atoms in total. The van der Waals surface area contributed by atoms with Gasteiger partial charge in [-0.05, 0) is 77.0 Å². The van der Waals surface area contributed by atoms with E-state index in [-0.39, 0.29) is 0 Å². The highest BCUT2D eigenvalue weighted by Crippen LogP contribution is 2.44.